The van der Waals surface area contributed by atoms with Gasteiger partial charge in [0.1, 0.15) is 0 Å². The molecule has 4 nitrogen and oxygen atoms in total. The standard InChI is InChI=1S/C16H17NO3/c1-13-12-16(20-2,17(18)19)11-10-15(13)9-8-14-6-4-3-5-7-14/h3-11H,12H2,1-2H3. The van der Waals surface area contributed by atoms with E-state index in [1.807, 2.05) is 49.4 Å². The van der Waals surface area contributed by atoms with Crippen LogP contribution in [-0.4, -0.2) is 17.8 Å². The van der Waals surface area contributed by atoms with Crippen LogP contribution in [0.15, 0.2) is 59.7 Å². The van der Waals surface area contributed by atoms with E-state index in [2.05, 4.69) is 0 Å². The summed E-state index contributed by atoms with van der Waals surface area (Å²) in [6.45, 7) is 1.89. The van der Waals surface area contributed by atoms with Crippen molar-refractivity contribution in [1.82, 2.24) is 0 Å². The second-order valence-corrected chi connectivity index (χ2v) is 4.80. The predicted molar refractivity (Wildman–Crippen MR) is 78.7 cm³/mol. The van der Waals surface area contributed by atoms with E-state index in [-0.39, 0.29) is 11.3 Å². The van der Waals surface area contributed by atoms with E-state index in [1.54, 1.807) is 6.08 Å². The molecule has 1 atom stereocenters. The molecule has 1 unspecified atom stereocenters. The predicted octanol–water partition coefficient (Wildman–Crippen LogP) is 3.60. The zero-order valence-electron chi connectivity index (χ0n) is 11.6. The van der Waals surface area contributed by atoms with Gasteiger partial charge in [-0.05, 0) is 24.1 Å². The topological polar surface area (TPSA) is 52.4 Å². The summed E-state index contributed by atoms with van der Waals surface area (Å²) < 4.78 is 5.08. The second-order valence-electron chi connectivity index (χ2n) is 4.80. The van der Waals surface area contributed by atoms with E-state index in [1.165, 1.54) is 13.2 Å². The maximum absolute atomic E-state index is 11.1. The molecule has 2 rings (SSSR count). The van der Waals surface area contributed by atoms with Crippen molar-refractivity contribution in [2.45, 2.75) is 19.1 Å². The highest BCUT2D eigenvalue weighted by molar-refractivity contribution is 5.56. The molecule has 0 radical (unpaired) electrons. The Kier molecular flexibility index (Phi) is 4.15. The SMILES string of the molecule is COC1([N+](=O)[O-])C=CC(C=Cc2ccccc2)=C(C)C1. The number of allylic oxidation sites excluding steroid dienone is 3. The van der Waals surface area contributed by atoms with Crippen molar-refractivity contribution in [3.05, 3.63) is 75.4 Å². The van der Waals surface area contributed by atoms with Crippen molar-refractivity contribution in [1.29, 1.82) is 0 Å². The van der Waals surface area contributed by atoms with Gasteiger partial charge in [0.05, 0.1) is 11.3 Å². The number of nitrogens with zero attached hydrogens (tertiary/aromatic N) is 1. The highest BCUT2D eigenvalue weighted by atomic mass is 16.7. The van der Waals surface area contributed by atoms with Gasteiger partial charge in [0.15, 0.2) is 0 Å². The van der Waals surface area contributed by atoms with E-state index < -0.39 is 5.72 Å². The van der Waals surface area contributed by atoms with Crippen LogP contribution in [-0.2, 0) is 4.74 Å². The van der Waals surface area contributed by atoms with Crippen LogP contribution in [0.2, 0.25) is 0 Å². The Hall–Kier alpha value is -2.20. The molecule has 1 aromatic rings. The minimum Gasteiger partial charge on any atom is -0.315 e. The molecule has 0 saturated carbocycles. The first-order chi connectivity index (χ1) is 9.57. The molecule has 0 saturated heterocycles. The first kappa shape index (κ1) is 14.2. The molecule has 0 bridgehead atoms. The summed E-state index contributed by atoms with van der Waals surface area (Å²) in [5.41, 5.74) is 1.61. The third-order valence-corrected chi connectivity index (χ3v) is 3.45. The van der Waals surface area contributed by atoms with Crippen LogP contribution in [0.3, 0.4) is 0 Å². The summed E-state index contributed by atoms with van der Waals surface area (Å²) in [4.78, 5) is 10.7. The number of benzene rings is 1. The highest BCUT2D eigenvalue weighted by Crippen LogP contribution is 2.30. The summed E-state index contributed by atoms with van der Waals surface area (Å²) in [5, 5.41) is 11.1. The van der Waals surface area contributed by atoms with Crippen molar-refractivity contribution in [3.63, 3.8) is 0 Å². The normalized spacial score (nSPS) is 22.5. The number of ether oxygens (including phenoxy) is 1. The van der Waals surface area contributed by atoms with Gasteiger partial charge < -0.3 is 4.74 Å². The zero-order chi connectivity index (χ0) is 14.6. The average molecular weight is 271 g/mol. The van der Waals surface area contributed by atoms with Crippen molar-refractivity contribution >= 4 is 6.08 Å². The summed E-state index contributed by atoms with van der Waals surface area (Å²) in [6.07, 6.45) is 7.51. The number of nitro groups is 1. The van der Waals surface area contributed by atoms with Gasteiger partial charge >= 0.3 is 5.72 Å². The fourth-order valence-electron chi connectivity index (χ4n) is 2.19. The van der Waals surface area contributed by atoms with E-state index >= 15 is 0 Å². The average Bonchev–Trinajstić information content (AvgIpc) is 2.46. The molecular weight excluding hydrogens is 254 g/mol. The summed E-state index contributed by atoms with van der Waals surface area (Å²) >= 11 is 0. The Balaban J connectivity index is 2.20. The Morgan fingerprint density at radius 2 is 2.00 bits per heavy atom. The van der Waals surface area contributed by atoms with Gasteiger partial charge in [-0.2, -0.15) is 0 Å². The monoisotopic (exact) mass is 271 g/mol. The van der Waals surface area contributed by atoms with Crippen LogP contribution in [0.5, 0.6) is 0 Å². The van der Waals surface area contributed by atoms with Gasteiger partial charge in [-0.1, -0.05) is 48.1 Å². The lowest BCUT2D eigenvalue weighted by Gasteiger charge is -2.24. The molecule has 0 spiro atoms. The van der Waals surface area contributed by atoms with Crippen molar-refractivity contribution in [2.24, 2.45) is 0 Å². The van der Waals surface area contributed by atoms with Crippen LogP contribution < -0.4 is 0 Å². The second kappa shape index (κ2) is 5.84. The molecule has 1 aliphatic carbocycles. The molecule has 0 N–H and O–H groups in total. The smallest absolute Gasteiger partial charge is 0.315 e. The number of hydrogen-bond acceptors (Lipinski definition) is 3. The molecular formula is C16H17NO3. The van der Waals surface area contributed by atoms with E-state index in [0.717, 1.165) is 16.7 Å². The third kappa shape index (κ3) is 2.86. The van der Waals surface area contributed by atoms with Crippen LogP contribution in [0.1, 0.15) is 18.9 Å². The lowest BCUT2D eigenvalue weighted by atomic mass is 9.92. The summed E-state index contributed by atoms with van der Waals surface area (Å²) in [6, 6.07) is 9.93. The molecule has 0 aromatic heterocycles. The molecule has 1 aromatic carbocycles. The van der Waals surface area contributed by atoms with Crippen LogP contribution in [0.4, 0.5) is 0 Å². The fourth-order valence-corrected chi connectivity index (χ4v) is 2.19. The van der Waals surface area contributed by atoms with Gasteiger partial charge in [-0.3, -0.25) is 10.1 Å². The van der Waals surface area contributed by atoms with Gasteiger partial charge in [0.25, 0.3) is 0 Å². The first-order valence-corrected chi connectivity index (χ1v) is 6.39. The molecule has 0 amide bonds. The number of methoxy groups -OCH3 is 1. The van der Waals surface area contributed by atoms with Crippen LogP contribution in [0, 0.1) is 10.1 Å². The van der Waals surface area contributed by atoms with E-state index in [4.69, 9.17) is 4.74 Å². The molecule has 104 valence electrons. The van der Waals surface area contributed by atoms with Gasteiger partial charge in [-0.15, -0.1) is 0 Å². The lowest BCUT2D eigenvalue weighted by molar-refractivity contribution is -0.610. The molecule has 0 heterocycles. The minimum absolute atomic E-state index is 0.265. The zero-order valence-corrected chi connectivity index (χ0v) is 11.6. The highest BCUT2D eigenvalue weighted by Gasteiger charge is 2.42. The fraction of sp³-hybridized carbons (Fsp3) is 0.250. The van der Waals surface area contributed by atoms with Crippen molar-refractivity contribution in [2.75, 3.05) is 7.11 Å². The Labute approximate surface area is 118 Å². The molecule has 1 aliphatic rings. The molecule has 0 aliphatic heterocycles. The minimum atomic E-state index is -1.42. The van der Waals surface area contributed by atoms with Gasteiger partial charge in [-0.25, -0.2) is 0 Å². The molecule has 0 fully saturated rings. The lowest BCUT2D eigenvalue weighted by Crippen LogP contribution is -2.39. The van der Waals surface area contributed by atoms with Crippen LogP contribution >= 0.6 is 0 Å². The number of hydrogen-bond donors (Lipinski definition) is 0. The van der Waals surface area contributed by atoms with Crippen LogP contribution in [0.25, 0.3) is 6.08 Å². The first-order valence-electron chi connectivity index (χ1n) is 6.39. The quantitative estimate of drug-likeness (QED) is 0.477. The van der Waals surface area contributed by atoms with Crippen molar-refractivity contribution in [3.8, 4) is 0 Å². The van der Waals surface area contributed by atoms with Gasteiger partial charge in [0.2, 0.25) is 0 Å². The Morgan fingerprint density at radius 3 is 2.55 bits per heavy atom. The van der Waals surface area contributed by atoms with Crippen molar-refractivity contribution < 1.29 is 9.66 Å². The summed E-state index contributed by atoms with van der Waals surface area (Å²) in [5.74, 6) is 0. The van der Waals surface area contributed by atoms with Gasteiger partial charge in [0, 0.05) is 13.2 Å². The largest absolute Gasteiger partial charge is 0.348 e. The Morgan fingerprint density at radius 1 is 1.30 bits per heavy atom. The number of rotatable bonds is 4. The molecule has 4 heteroatoms. The molecule has 20 heavy (non-hydrogen) atoms. The third-order valence-electron chi connectivity index (χ3n) is 3.45. The summed E-state index contributed by atoms with van der Waals surface area (Å²) in [7, 11) is 1.37. The van der Waals surface area contributed by atoms with E-state index in [9.17, 15) is 10.1 Å². The maximum atomic E-state index is 11.1. The van der Waals surface area contributed by atoms with E-state index in [0.29, 0.717) is 0 Å². The Bertz CT molecular complexity index is 587. The maximum Gasteiger partial charge on any atom is 0.348 e.